The quantitative estimate of drug-likeness (QED) is 0.623. The van der Waals surface area contributed by atoms with Crippen LogP contribution in [-0.4, -0.2) is 15.0 Å². The maximum atomic E-state index is 5.49. The van der Waals surface area contributed by atoms with Gasteiger partial charge in [0.05, 0.1) is 10.2 Å². The van der Waals surface area contributed by atoms with Crippen molar-refractivity contribution in [3.05, 3.63) is 25.6 Å². The molecule has 9 heteroatoms. The smallest absolute Gasteiger partial charge is 0.233 e. The van der Waals surface area contributed by atoms with E-state index in [0.717, 1.165) is 19.1 Å². The van der Waals surface area contributed by atoms with Gasteiger partial charge in [0.1, 0.15) is 0 Å². The number of nitrogens with zero attached hydrogens (tertiary/aromatic N) is 3. The molecule has 1 aromatic heterocycles. The molecule has 0 saturated carbocycles. The molecule has 1 heterocycles. The summed E-state index contributed by atoms with van der Waals surface area (Å²) in [5.41, 5.74) is 11.8. The van der Waals surface area contributed by atoms with E-state index in [1.807, 2.05) is 12.1 Å². The van der Waals surface area contributed by atoms with Crippen molar-refractivity contribution in [2.24, 2.45) is 0 Å². The zero-order chi connectivity index (χ0) is 13.3. The summed E-state index contributed by atoms with van der Waals surface area (Å²) in [6.07, 6.45) is 0. The molecule has 1 aromatic carbocycles. The Morgan fingerprint density at radius 3 is 2.11 bits per heavy atom. The summed E-state index contributed by atoms with van der Waals surface area (Å²) in [5, 5.41) is 3.00. The molecule has 2 aromatic rings. The summed E-state index contributed by atoms with van der Waals surface area (Å²) in [5.74, 6) is 0.421. The van der Waals surface area contributed by atoms with Crippen LogP contribution in [0, 0.1) is 0 Å². The summed E-state index contributed by atoms with van der Waals surface area (Å²) >= 11 is 10.3. The van der Waals surface area contributed by atoms with E-state index >= 15 is 0 Å². The van der Waals surface area contributed by atoms with Crippen LogP contribution in [0.3, 0.4) is 0 Å². The van der Waals surface area contributed by atoms with E-state index < -0.39 is 0 Å². The predicted molar refractivity (Wildman–Crippen MR) is 81.5 cm³/mol. The molecule has 0 amide bonds. The molecule has 0 unspecified atom stereocenters. The van der Waals surface area contributed by atoms with E-state index in [-0.39, 0.29) is 17.8 Å². The molecule has 0 fully saturated rings. The lowest BCUT2D eigenvalue weighted by molar-refractivity contribution is 1.08. The van der Waals surface area contributed by atoms with Crippen LogP contribution in [0.4, 0.5) is 23.5 Å². The van der Waals surface area contributed by atoms with Gasteiger partial charge in [0.2, 0.25) is 17.8 Å². The number of nitrogens with two attached hydrogens (primary N) is 2. The molecule has 94 valence electrons. The van der Waals surface area contributed by atoms with Crippen LogP contribution in [0.1, 0.15) is 0 Å². The SMILES string of the molecule is Nc1nc(N)nc(Nc2ccc(Br)c(Br)c2Br)n1. The normalized spacial score (nSPS) is 10.4. The number of nitrogens with one attached hydrogen (secondary N) is 1. The van der Waals surface area contributed by atoms with Crippen molar-refractivity contribution in [3.63, 3.8) is 0 Å². The fourth-order valence-electron chi connectivity index (χ4n) is 1.21. The molecule has 0 aliphatic rings. The lowest BCUT2D eigenvalue weighted by atomic mass is 10.3. The number of aromatic nitrogens is 3. The van der Waals surface area contributed by atoms with Crippen LogP contribution >= 0.6 is 47.8 Å². The highest BCUT2D eigenvalue weighted by Crippen LogP contribution is 2.37. The topological polar surface area (TPSA) is 103 Å². The van der Waals surface area contributed by atoms with Crippen LogP contribution in [-0.2, 0) is 0 Å². The molecule has 5 N–H and O–H groups in total. The Balaban J connectivity index is 2.37. The van der Waals surface area contributed by atoms with Gasteiger partial charge in [-0.2, -0.15) is 15.0 Å². The lowest BCUT2D eigenvalue weighted by Gasteiger charge is -2.09. The summed E-state index contributed by atoms with van der Waals surface area (Å²) < 4.78 is 2.63. The Kier molecular flexibility index (Phi) is 4.03. The van der Waals surface area contributed by atoms with Gasteiger partial charge in [-0.05, 0) is 59.9 Å². The van der Waals surface area contributed by atoms with Gasteiger partial charge < -0.3 is 16.8 Å². The molecule has 6 nitrogen and oxygen atoms in total. The molecular weight excluding hydrogens is 432 g/mol. The fourth-order valence-corrected chi connectivity index (χ4v) is 2.60. The van der Waals surface area contributed by atoms with Gasteiger partial charge in [0, 0.05) is 8.95 Å². The van der Waals surface area contributed by atoms with Crippen LogP contribution in [0.5, 0.6) is 0 Å². The van der Waals surface area contributed by atoms with Crippen LogP contribution in [0.15, 0.2) is 25.6 Å². The largest absolute Gasteiger partial charge is 0.368 e. The Labute approximate surface area is 128 Å². The van der Waals surface area contributed by atoms with E-state index in [1.165, 1.54) is 0 Å². The number of rotatable bonds is 2. The molecule has 18 heavy (non-hydrogen) atoms. The Bertz CT molecular complexity index is 583. The van der Waals surface area contributed by atoms with Crippen molar-refractivity contribution < 1.29 is 0 Å². The van der Waals surface area contributed by atoms with Gasteiger partial charge in [-0.15, -0.1) is 0 Å². The second-order valence-electron chi connectivity index (χ2n) is 3.22. The number of nitrogen functional groups attached to an aromatic ring is 2. The van der Waals surface area contributed by atoms with Crippen LogP contribution in [0.25, 0.3) is 0 Å². The van der Waals surface area contributed by atoms with Crippen molar-refractivity contribution in [1.29, 1.82) is 0 Å². The maximum Gasteiger partial charge on any atom is 0.233 e. The standard InChI is InChI=1S/C9H7Br3N6/c10-3-1-2-4(6(12)5(3)11)15-9-17-7(13)16-8(14)18-9/h1-2H,(H5,13,14,15,16,17,18). The third kappa shape index (κ3) is 2.90. The van der Waals surface area contributed by atoms with Crippen molar-refractivity contribution in [3.8, 4) is 0 Å². The van der Waals surface area contributed by atoms with Gasteiger partial charge in [0.15, 0.2) is 0 Å². The summed E-state index contributed by atoms with van der Waals surface area (Å²) in [4.78, 5) is 11.6. The molecular formula is C9H7Br3N6. The first-order chi connectivity index (χ1) is 8.47. The third-order valence-electron chi connectivity index (χ3n) is 1.95. The minimum Gasteiger partial charge on any atom is -0.368 e. The van der Waals surface area contributed by atoms with E-state index in [0.29, 0.717) is 0 Å². The third-order valence-corrected chi connectivity index (χ3v) is 5.32. The van der Waals surface area contributed by atoms with Crippen LogP contribution < -0.4 is 16.8 Å². The van der Waals surface area contributed by atoms with Gasteiger partial charge >= 0.3 is 0 Å². The number of hydrogen-bond acceptors (Lipinski definition) is 6. The first-order valence-electron chi connectivity index (χ1n) is 4.65. The zero-order valence-electron chi connectivity index (χ0n) is 8.78. The fraction of sp³-hybridized carbons (Fsp3) is 0. The van der Waals surface area contributed by atoms with E-state index in [1.54, 1.807) is 0 Å². The zero-order valence-corrected chi connectivity index (χ0v) is 13.5. The molecule has 0 radical (unpaired) electrons. The van der Waals surface area contributed by atoms with Crippen molar-refractivity contribution in [1.82, 2.24) is 15.0 Å². The van der Waals surface area contributed by atoms with E-state index in [9.17, 15) is 0 Å². The average molecular weight is 439 g/mol. The van der Waals surface area contributed by atoms with Crippen LogP contribution in [0.2, 0.25) is 0 Å². The predicted octanol–water partition coefficient (Wildman–Crippen LogP) is 3.07. The second kappa shape index (κ2) is 5.37. The van der Waals surface area contributed by atoms with Gasteiger partial charge in [-0.1, -0.05) is 0 Å². The molecule has 2 rings (SSSR count). The summed E-state index contributed by atoms with van der Waals surface area (Å²) in [6.45, 7) is 0. The average Bonchev–Trinajstić information content (AvgIpc) is 2.29. The molecule has 0 spiro atoms. The Morgan fingerprint density at radius 1 is 0.889 bits per heavy atom. The first kappa shape index (κ1) is 13.5. The van der Waals surface area contributed by atoms with Gasteiger partial charge in [-0.25, -0.2) is 0 Å². The van der Waals surface area contributed by atoms with E-state index in [2.05, 4.69) is 68.1 Å². The minimum atomic E-state index is 0.0669. The van der Waals surface area contributed by atoms with Crippen molar-refractivity contribution in [2.75, 3.05) is 16.8 Å². The molecule has 0 atom stereocenters. The number of benzene rings is 1. The summed E-state index contributed by atoms with van der Waals surface area (Å²) in [6, 6.07) is 3.74. The Morgan fingerprint density at radius 2 is 1.50 bits per heavy atom. The second-order valence-corrected chi connectivity index (χ2v) is 5.66. The lowest BCUT2D eigenvalue weighted by Crippen LogP contribution is -2.06. The summed E-state index contributed by atoms with van der Waals surface area (Å²) in [7, 11) is 0. The van der Waals surface area contributed by atoms with Crippen molar-refractivity contribution in [2.45, 2.75) is 0 Å². The highest BCUT2D eigenvalue weighted by Gasteiger charge is 2.09. The van der Waals surface area contributed by atoms with E-state index in [4.69, 9.17) is 11.5 Å². The molecule has 0 bridgehead atoms. The Hall–Kier alpha value is -0.930. The number of halogens is 3. The number of hydrogen-bond donors (Lipinski definition) is 3. The van der Waals surface area contributed by atoms with Gasteiger partial charge in [-0.3, -0.25) is 0 Å². The maximum absolute atomic E-state index is 5.49. The minimum absolute atomic E-state index is 0.0669. The first-order valence-corrected chi connectivity index (χ1v) is 7.03. The monoisotopic (exact) mass is 436 g/mol. The van der Waals surface area contributed by atoms with Crippen molar-refractivity contribution >= 4 is 71.3 Å². The molecule has 0 aliphatic heterocycles. The highest BCUT2D eigenvalue weighted by atomic mass is 79.9. The highest BCUT2D eigenvalue weighted by molar-refractivity contribution is 9.14. The molecule has 0 aliphatic carbocycles. The van der Waals surface area contributed by atoms with Gasteiger partial charge in [0.25, 0.3) is 0 Å². The number of anilines is 4. The molecule has 0 saturated heterocycles.